The van der Waals surface area contributed by atoms with E-state index in [4.69, 9.17) is 4.74 Å². The second kappa shape index (κ2) is 6.72. The maximum Gasteiger partial charge on any atom is 0.203 e. The lowest BCUT2D eigenvalue weighted by molar-refractivity contribution is 0.210. The molecule has 0 spiro atoms. The second-order valence-electron chi connectivity index (χ2n) is 5.26. The van der Waals surface area contributed by atoms with Gasteiger partial charge in [0.05, 0.1) is 18.0 Å². The molecule has 0 saturated heterocycles. The minimum absolute atomic E-state index is 0.402. The first kappa shape index (κ1) is 14.1. The van der Waals surface area contributed by atoms with E-state index in [9.17, 15) is 0 Å². The lowest BCUT2D eigenvalue weighted by Gasteiger charge is -2.12. The van der Waals surface area contributed by atoms with E-state index in [1.54, 1.807) is 17.6 Å². The number of hydrogen-bond acceptors (Lipinski definition) is 5. The predicted octanol–water partition coefficient (Wildman–Crippen LogP) is 4.22. The fourth-order valence-electron chi connectivity index (χ4n) is 2.40. The summed E-state index contributed by atoms with van der Waals surface area (Å²) in [5.41, 5.74) is 4.98. The van der Waals surface area contributed by atoms with Crippen LogP contribution in [-0.4, -0.2) is 17.3 Å². The molecule has 110 valence electrons. The Kier molecular flexibility index (Phi) is 4.50. The van der Waals surface area contributed by atoms with E-state index in [2.05, 4.69) is 15.5 Å². The standard InChI is InChI=1S/C16H19N3OS/c1-12-11-21-16(18-12)19-17-10-13-6-8-15(9-7-13)20-14-4-2-3-5-14/h6-11,14H,2-5H2,1H3,(H,18,19). The number of nitrogens with zero attached hydrogens (tertiary/aromatic N) is 2. The first-order valence-corrected chi connectivity index (χ1v) is 8.15. The Morgan fingerprint density at radius 2 is 2.05 bits per heavy atom. The Labute approximate surface area is 128 Å². The molecule has 1 aromatic carbocycles. The van der Waals surface area contributed by atoms with Gasteiger partial charge in [0.25, 0.3) is 0 Å². The van der Waals surface area contributed by atoms with Gasteiger partial charge in [-0.05, 0) is 62.4 Å². The summed E-state index contributed by atoms with van der Waals surface area (Å²) in [6.45, 7) is 1.97. The summed E-state index contributed by atoms with van der Waals surface area (Å²) in [5.74, 6) is 0.947. The Morgan fingerprint density at radius 3 is 2.71 bits per heavy atom. The van der Waals surface area contributed by atoms with E-state index in [-0.39, 0.29) is 0 Å². The Balaban J connectivity index is 1.53. The van der Waals surface area contributed by atoms with Crippen molar-refractivity contribution < 1.29 is 4.74 Å². The number of nitrogens with one attached hydrogen (secondary N) is 1. The minimum Gasteiger partial charge on any atom is -0.490 e. The van der Waals surface area contributed by atoms with E-state index in [0.717, 1.165) is 22.1 Å². The van der Waals surface area contributed by atoms with Gasteiger partial charge in [-0.1, -0.05) is 0 Å². The van der Waals surface area contributed by atoms with Crippen molar-refractivity contribution in [2.45, 2.75) is 38.7 Å². The average Bonchev–Trinajstić information content (AvgIpc) is 3.13. The maximum absolute atomic E-state index is 5.94. The van der Waals surface area contributed by atoms with Gasteiger partial charge < -0.3 is 4.74 Å². The number of rotatable bonds is 5. The maximum atomic E-state index is 5.94. The van der Waals surface area contributed by atoms with Crippen LogP contribution in [0.3, 0.4) is 0 Å². The summed E-state index contributed by atoms with van der Waals surface area (Å²) in [6.07, 6.45) is 7.13. The van der Waals surface area contributed by atoms with Gasteiger partial charge in [-0.25, -0.2) is 4.98 Å². The Bertz CT molecular complexity index is 600. The molecule has 0 unspecified atom stereocenters. The van der Waals surface area contributed by atoms with E-state index in [1.807, 2.05) is 36.6 Å². The van der Waals surface area contributed by atoms with Crippen LogP contribution in [0.4, 0.5) is 5.13 Å². The molecule has 5 heteroatoms. The third kappa shape index (κ3) is 4.04. The molecule has 1 heterocycles. The SMILES string of the molecule is Cc1csc(NN=Cc2ccc(OC3CCCC3)cc2)n1. The fraction of sp³-hybridized carbons (Fsp3) is 0.375. The molecule has 1 aliphatic carbocycles. The summed E-state index contributed by atoms with van der Waals surface area (Å²) >= 11 is 1.55. The predicted molar refractivity (Wildman–Crippen MR) is 87.4 cm³/mol. The topological polar surface area (TPSA) is 46.5 Å². The lowest BCUT2D eigenvalue weighted by Crippen LogP contribution is -2.10. The van der Waals surface area contributed by atoms with Crippen LogP contribution in [0.1, 0.15) is 36.9 Å². The van der Waals surface area contributed by atoms with Crippen molar-refractivity contribution in [3.8, 4) is 5.75 Å². The largest absolute Gasteiger partial charge is 0.490 e. The van der Waals surface area contributed by atoms with E-state index in [0.29, 0.717) is 6.10 Å². The highest BCUT2D eigenvalue weighted by Gasteiger charge is 2.16. The van der Waals surface area contributed by atoms with Crippen LogP contribution in [0.25, 0.3) is 0 Å². The number of anilines is 1. The molecule has 0 bridgehead atoms. The van der Waals surface area contributed by atoms with Crippen molar-refractivity contribution in [3.05, 3.63) is 40.9 Å². The van der Waals surface area contributed by atoms with Crippen molar-refractivity contribution in [2.75, 3.05) is 5.43 Å². The van der Waals surface area contributed by atoms with Crippen LogP contribution in [0, 0.1) is 6.92 Å². The van der Waals surface area contributed by atoms with E-state index >= 15 is 0 Å². The zero-order chi connectivity index (χ0) is 14.5. The first-order valence-electron chi connectivity index (χ1n) is 7.27. The molecule has 4 nitrogen and oxygen atoms in total. The highest BCUT2D eigenvalue weighted by molar-refractivity contribution is 7.13. The zero-order valence-corrected chi connectivity index (χ0v) is 12.9. The van der Waals surface area contributed by atoms with Gasteiger partial charge >= 0.3 is 0 Å². The highest BCUT2D eigenvalue weighted by atomic mass is 32.1. The molecule has 0 amide bonds. The number of hydrogen-bond donors (Lipinski definition) is 1. The molecule has 3 rings (SSSR count). The third-order valence-corrected chi connectivity index (χ3v) is 4.34. The van der Waals surface area contributed by atoms with Gasteiger partial charge in [-0.2, -0.15) is 5.10 Å². The number of aryl methyl sites for hydroxylation is 1. The van der Waals surface area contributed by atoms with Gasteiger partial charge in [0.2, 0.25) is 5.13 Å². The van der Waals surface area contributed by atoms with Crippen LogP contribution in [-0.2, 0) is 0 Å². The molecule has 0 atom stereocenters. The second-order valence-corrected chi connectivity index (χ2v) is 6.12. The van der Waals surface area contributed by atoms with E-state index in [1.165, 1.54) is 25.7 Å². The van der Waals surface area contributed by atoms with Gasteiger partial charge in [0.1, 0.15) is 5.75 Å². The van der Waals surface area contributed by atoms with Crippen LogP contribution in [0.15, 0.2) is 34.7 Å². The summed E-state index contributed by atoms with van der Waals surface area (Å²) in [7, 11) is 0. The monoisotopic (exact) mass is 301 g/mol. The summed E-state index contributed by atoms with van der Waals surface area (Å²) in [5, 5.41) is 6.99. The minimum atomic E-state index is 0.402. The zero-order valence-electron chi connectivity index (χ0n) is 12.1. The number of hydrazone groups is 1. The molecule has 1 aliphatic rings. The van der Waals surface area contributed by atoms with Crippen molar-refractivity contribution in [2.24, 2.45) is 5.10 Å². The third-order valence-electron chi connectivity index (χ3n) is 3.48. The fourth-order valence-corrected chi connectivity index (χ4v) is 3.04. The first-order chi connectivity index (χ1) is 10.3. The van der Waals surface area contributed by atoms with Crippen molar-refractivity contribution in [1.29, 1.82) is 0 Å². The van der Waals surface area contributed by atoms with Gasteiger partial charge in [0.15, 0.2) is 0 Å². The molecule has 1 saturated carbocycles. The molecule has 2 aromatic rings. The summed E-state index contributed by atoms with van der Waals surface area (Å²) in [4.78, 5) is 4.29. The molecule has 1 aromatic heterocycles. The van der Waals surface area contributed by atoms with Gasteiger partial charge in [0, 0.05) is 5.38 Å². The summed E-state index contributed by atoms with van der Waals surface area (Å²) in [6, 6.07) is 8.05. The smallest absolute Gasteiger partial charge is 0.203 e. The number of thiazole rings is 1. The van der Waals surface area contributed by atoms with E-state index < -0.39 is 0 Å². The highest BCUT2D eigenvalue weighted by Crippen LogP contribution is 2.24. The van der Waals surface area contributed by atoms with Crippen LogP contribution in [0.2, 0.25) is 0 Å². The number of ether oxygens (including phenoxy) is 1. The molecule has 1 N–H and O–H groups in total. The van der Waals surface area contributed by atoms with Crippen LogP contribution < -0.4 is 10.2 Å². The van der Waals surface area contributed by atoms with Gasteiger partial charge in [-0.3, -0.25) is 5.43 Å². The normalized spacial score (nSPS) is 15.7. The number of benzene rings is 1. The van der Waals surface area contributed by atoms with Crippen molar-refractivity contribution in [3.63, 3.8) is 0 Å². The summed E-state index contributed by atoms with van der Waals surface area (Å²) < 4.78 is 5.94. The molecular formula is C16H19N3OS. The molecule has 0 aliphatic heterocycles. The van der Waals surface area contributed by atoms with Gasteiger partial charge in [-0.15, -0.1) is 11.3 Å². The molecule has 21 heavy (non-hydrogen) atoms. The van der Waals surface area contributed by atoms with Crippen LogP contribution >= 0.6 is 11.3 Å². The van der Waals surface area contributed by atoms with Crippen molar-refractivity contribution >= 4 is 22.7 Å². The molecule has 1 fully saturated rings. The Hall–Kier alpha value is -1.88. The number of aromatic nitrogens is 1. The van der Waals surface area contributed by atoms with Crippen LogP contribution in [0.5, 0.6) is 5.75 Å². The average molecular weight is 301 g/mol. The Morgan fingerprint density at radius 1 is 1.29 bits per heavy atom. The molecular weight excluding hydrogens is 282 g/mol. The quantitative estimate of drug-likeness (QED) is 0.664. The lowest BCUT2D eigenvalue weighted by atomic mass is 10.2. The molecule has 0 radical (unpaired) electrons. The van der Waals surface area contributed by atoms with Crippen molar-refractivity contribution in [1.82, 2.24) is 4.98 Å².